The number of carbonyl (C=O) groups excluding carboxylic acids is 1. The Hall–Kier alpha value is -1.55. The summed E-state index contributed by atoms with van der Waals surface area (Å²) in [6, 6.07) is 6.13. The number of carbonyl (C=O) groups is 1. The summed E-state index contributed by atoms with van der Waals surface area (Å²) in [6.45, 7) is 1.01. The Morgan fingerprint density at radius 1 is 1.40 bits per heavy atom. The minimum Gasteiger partial charge on any atom is -0.385 e. The third-order valence-corrected chi connectivity index (χ3v) is 4.51. The zero-order valence-electron chi connectivity index (χ0n) is 12.0. The maximum atomic E-state index is 12.1. The van der Waals surface area contributed by atoms with E-state index in [1.165, 1.54) is 12.0 Å². The van der Waals surface area contributed by atoms with Gasteiger partial charge in [-0.2, -0.15) is 0 Å². The van der Waals surface area contributed by atoms with Crippen LogP contribution in [0.1, 0.15) is 37.7 Å². The molecule has 1 amide bonds. The molecule has 0 saturated heterocycles. The van der Waals surface area contributed by atoms with Gasteiger partial charge in [0.15, 0.2) is 0 Å². The highest BCUT2D eigenvalue weighted by molar-refractivity contribution is 5.92. The number of rotatable bonds is 4. The van der Waals surface area contributed by atoms with Crippen molar-refractivity contribution in [1.29, 1.82) is 0 Å². The van der Waals surface area contributed by atoms with E-state index in [1.54, 1.807) is 7.11 Å². The average molecular weight is 274 g/mol. The van der Waals surface area contributed by atoms with Crippen LogP contribution in [0.4, 0.5) is 11.4 Å². The third-order valence-electron chi connectivity index (χ3n) is 4.51. The van der Waals surface area contributed by atoms with E-state index in [4.69, 9.17) is 4.74 Å². The molecule has 0 aromatic heterocycles. The number of anilines is 2. The quantitative estimate of drug-likeness (QED) is 0.887. The van der Waals surface area contributed by atoms with Crippen LogP contribution in [-0.4, -0.2) is 25.2 Å². The standard InChI is InChI=1S/C16H22N2O2/c1-20-16(7-3-8-16)11-15(19)18-13-6-5-12-4-2-9-17-14(12)10-13/h5-6,10,17H,2-4,7-9,11H2,1H3,(H,18,19). The molecule has 0 radical (unpaired) electrons. The molecule has 2 aliphatic rings. The van der Waals surface area contributed by atoms with Crippen molar-refractivity contribution in [1.82, 2.24) is 0 Å². The number of ether oxygens (including phenoxy) is 1. The first-order valence-corrected chi connectivity index (χ1v) is 7.43. The van der Waals surface area contributed by atoms with Gasteiger partial charge in [0, 0.05) is 25.0 Å². The van der Waals surface area contributed by atoms with Crippen LogP contribution in [0.2, 0.25) is 0 Å². The van der Waals surface area contributed by atoms with Crippen LogP contribution >= 0.6 is 0 Å². The average Bonchev–Trinajstić information content (AvgIpc) is 2.43. The fraction of sp³-hybridized carbons (Fsp3) is 0.562. The topological polar surface area (TPSA) is 50.4 Å². The Kier molecular flexibility index (Phi) is 3.66. The zero-order valence-corrected chi connectivity index (χ0v) is 12.0. The predicted molar refractivity (Wildman–Crippen MR) is 80.1 cm³/mol. The van der Waals surface area contributed by atoms with E-state index in [0.717, 1.165) is 43.6 Å². The van der Waals surface area contributed by atoms with E-state index in [0.29, 0.717) is 6.42 Å². The highest BCUT2D eigenvalue weighted by Crippen LogP contribution is 2.38. The van der Waals surface area contributed by atoms with Crippen molar-refractivity contribution in [2.45, 2.75) is 44.1 Å². The molecule has 1 saturated carbocycles. The fourth-order valence-corrected chi connectivity index (χ4v) is 3.06. The van der Waals surface area contributed by atoms with Gasteiger partial charge in [-0.1, -0.05) is 6.07 Å². The first-order valence-electron chi connectivity index (χ1n) is 7.43. The lowest BCUT2D eigenvalue weighted by Gasteiger charge is -2.39. The van der Waals surface area contributed by atoms with Crippen LogP contribution in [0.25, 0.3) is 0 Å². The smallest absolute Gasteiger partial charge is 0.227 e. The summed E-state index contributed by atoms with van der Waals surface area (Å²) in [5, 5.41) is 6.37. The van der Waals surface area contributed by atoms with Crippen molar-refractivity contribution in [3.63, 3.8) is 0 Å². The van der Waals surface area contributed by atoms with Crippen LogP contribution < -0.4 is 10.6 Å². The van der Waals surface area contributed by atoms with Gasteiger partial charge < -0.3 is 15.4 Å². The van der Waals surface area contributed by atoms with Gasteiger partial charge in [0.1, 0.15) is 0 Å². The van der Waals surface area contributed by atoms with E-state index < -0.39 is 0 Å². The second kappa shape index (κ2) is 5.44. The van der Waals surface area contributed by atoms with E-state index in [9.17, 15) is 4.79 Å². The maximum absolute atomic E-state index is 12.1. The molecule has 1 heterocycles. The molecule has 4 heteroatoms. The molecule has 0 bridgehead atoms. The first kappa shape index (κ1) is 13.4. The maximum Gasteiger partial charge on any atom is 0.227 e. The molecule has 1 aliphatic carbocycles. The van der Waals surface area contributed by atoms with E-state index in [1.807, 2.05) is 12.1 Å². The number of fused-ring (bicyclic) bond motifs is 1. The number of nitrogens with one attached hydrogen (secondary N) is 2. The number of amides is 1. The molecule has 1 aliphatic heterocycles. The Labute approximate surface area is 119 Å². The number of hydrogen-bond acceptors (Lipinski definition) is 3. The molecular weight excluding hydrogens is 252 g/mol. The lowest BCUT2D eigenvalue weighted by Crippen LogP contribution is -2.42. The predicted octanol–water partition coefficient (Wildman–Crippen LogP) is 2.94. The molecule has 0 atom stereocenters. The molecule has 108 valence electrons. The van der Waals surface area contributed by atoms with Gasteiger partial charge in [-0.15, -0.1) is 0 Å². The van der Waals surface area contributed by atoms with Gasteiger partial charge in [-0.25, -0.2) is 0 Å². The van der Waals surface area contributed by atoms with E-state index in [2.05, 4.69) is 16.7 Å². The van der Waals surface area contributed by atoms with E-state index in [-0.39, 0.29) is 11.5 Å². The summed E-state index contributed by atoms with van der Waals surface area (Å²) >= 11 is 0. The molecule has 3 rings (SSSR count). The Morgan fingerprint density at radius 3 is 2.95 bits per heavy atom. The highest BCUT2D eigenvalue weighted by atomic mass is 16.5. The lowest BCUT2D eigenvalue weighted by molar-refractivity contribution is -0.129. The van der Waals surface area contributed by atoms with Crippen LogP contribution in [-0.2, 0) is 16.0 Å². The molecule has 20 heavy (non-hydrogen) atoms. The van der Waals surface area contributed by atoms with Crippen molar-refractivity contribution in [3.8, 4) is 0 Å². The van der Waals surface area contributed by atoms with Gasteiger partial charge in [-0.05, 0) is 49.8 Å². The second-order valence-corrected chi connectivity index (χ2v) is 5.87. The normalized spacial score (nSPS) is 19.4. The molecule has 4 nitrogen and oxygen atoms in total. The molecule has 1 fully saturated rings. The van der Waals surface area contributed by atoms with Crippen LogP contribution in [0, 0.1) is 0 Å². The van der Waals surface area contributed by atoms with Crippen LogP contribution in [0.3, 0.4) is 0 Å². The molecule has 1 aromatic carbocycles. The number of benzene rings is 1. The molecule has 2 N–H and O–H groups in total. The summed E-state index contributed by atoms with van der Waals surface area (Å²) in [6.07, 6.45) is 5.88. The number of hydrogen-bond donors (Lipinski definition) is 2. The zero-order chi connectivity index (χ0) is 14.0. The van der Waals surface area contributed by atoms with Crippen molar-refractivity contribution < 1.29 is 9.53 Å². The van der Waals surface area contributed by atoms with Crippen LogP contribution in [0.15, 0.2) is 18.2 Å². The van der Waals surface area contributed by atoms with Crippen LogP contribution in [0.5, 0.6) is 0 Å². The Morgan fingerprint density at radius 2 is 2.25 bits per heavy atom. The first-order chi connectivity index (χ1) is 9.71. The SMILES string of the molecule is COC1(CC(=O)Nc2ccc3c(c2)NCCC3)CCC1. The Bertz CT molecular complexity index is 504. The summed E-state index contributed by atoms with van der Waals surface area (Å²) in [7, 11) is 1.70. The molecule has 0 spiro atoms. The largest absolute Gasteiger partial charge is 0.385 e. The van der Waals surface area contributed by atoms with Crippen molar-refractivity contribution >= 4 is 17.3 Å². The van der Waals surface area contributed by atoms with Gasteiger partial charge in [-0.3, -0.25) is 4.79 Å². The van der Waals surface area contributed by atoms with Gasteiger partial charge in [0.2, 0.25) is 5.91 Å². The van der Waals surface area contributed by atoms with Gasteiger partial charge in [0.25, 0.3) is 0 Å². The summed E-state index contributed by atoms with van der Waals surface area (Å²) in [5.41, 5.74) is 3.14. The monoisotopic (exact) mass is 274 g/mol. The van der Waals surface area contributed by atoms with Crippen molar-refractivity contribution in [3.05, 3.63) is 23.8 Å². The van der Waals surface area contributed by atoms with Crippen molar-refractivity contribution in [2.75, 3.05) is 24.3 Å². The summed E-state index contributed by atoms with van der Waals surface area (Å²) < 4.78 is 5.50. The summed E-state index contributed by atoms with van der Waals surface area (Å²) in [5.74, 6) is 0.0438. The molecule has 1 aromatic rings. The van der Waals surface area contributed by atoms with Gasteiger partial charge in [0.05, 0.1) is 12.0 Å². The fourth-order valence-electron chi connectivity index (χ4n) is 3.06. The Balaban J connectivity index is 1.64. The highest BCUT2D eigenvalue weighted by Gasteiger charge is 2.38. The third kappa shape index (κ3) is 2.66. The van der Waals surface area contributed by atoms with Gasteiger partial charge >= 0.3 is 0 Å². The minimum absolute atomic E-state index is 0.0438. The number of methoxy groups -OCH3 is 1. The molecule has 0 unspecified atom stereocenters. The summed E-state index contributed by atoms with van der Waals surface area (Å²) in [4.78, 5) is 12.1. The minimum atomic E-state index is -0.212. The number of aryl methyl sites for hydroxylation is 1. The van der Waals surface area contributed by atoms with E-state index >= 15 is 0 Å². The lowest BCUT2D eigenvalue weighted by atomic mass is 9.77. The van der Waals surface area contributed by atoms with Crippen molar-refractivity contribution in [2.24, 2.45) is 0 Å². The molecular formula is C16H22N2O2. The second-order valence-electron chi connectivity index (χ2n) is 5.87.